The summed E-state index contributed by atoms with van der Waals surface area (Å²) < 4.78 is 0. The molecule has 0 heterocycles. The maximum absolute atomic E-state index is 3.63. The third kappa shape index (κ3) is 15.2. The third-order valence-corrected chi connectivity index (χ3v) is 4.39. The van der Waals surface area contributed by atoms with Crippen LogP contribution in [0.25, 0.3) is 0 Å². The van der Waals surface area contributed by atoms with Crippen LogP contribution in [0.2, 0.25) is 0 Å². The molecule has 0 aliphatic heterocycles. The molecule has 3 heteroatoms. The van der Waals surface area contributed by atoms with Crippen molar-refractivity contribution in [3.8, 4) is 0 Å². The first kappa shape index (κ1) is 22.9. The van der Waals surface area contributed by atoms with Gasteiger partial charge in [-0.2, -0.15) is 5.12 Å². The van der Waals surface area contributed by atoms with Crippen molar-refractivity contribution in [2.45, 2.75) is 112 Å². The lowest BCUT2D eigenvalue weighted by atomic mass is 9.92. The average molecular weight is 328 g/mol. The summed E-state index contributed by atoms with van der Waals surface area (Å²) in [5.74, 6) is 0. The predicted molar refractivity (Wildman–Crippen MR) is 104 cm³/mol. The van der Waals surface area contributed by atoms with Gasteiger partial charge in [0.15, 0.2) is 0 Å². The first-order valence-electron chi connectivity index (χ1n) is 10.2. The standard InChI is InChI=1S/C20H45N3/c1-7-9-11-12-14-17-21-23(19(3)15-13-10-8-2)22-18-16-20(4,5)6/h19,21-22H,7-18H2,1-6H3. The second kappa shape index (κ2) is 14.2. The van der Waals surface area contributed by atoms with E-state index in [1.165, 1.54) is 64.2 Å². The van der Waals surface area contributed by atoms with E-state index in [-0.39, 0.29) is 0 Å². The van der Waals surface area contributed by atoms with Crippen LogP contribution in [-0.2, 0) is 0 Å². The molecule has 0 bridgehead atoms. The number of hydrogen-bond donors (Lipinski definition) is 2. The van der Waals surface area contributed by atoms with Crippen LogP contribution in [0, 0.1) is 5.41 Å². The molecule has 0 radical (unpaired) electrons. The first-order chi connectivity index (χ1) is 10.9. The Morgan fingerprint density at radius 2 is 1.35 bits per heavy atom. The lowest BCUT2D eigenvalue weighted by molar-refractivity contribution is 0.0552. The minimum absolute atomic E-state index is 0.393. The zero-order chi connectivity index (χ0) is 17.6. The highest BCUT2D eigenvalue weighted by Gasteiger charge is 2.15. The summed E-state index contributed by atoms with van der Waals surface area (Å²) in [5, 5.41) is 2.29. The van der Waals surface area contributed by atoms with E-state index in [0.29, 0.717) is 11.5 Å². The number of hydrazine groups is 2. The fourth-order valence-electron chi connectivity index (χ4n) is 2.67. The maximum Gasteiger partial charge on any atom is 0.0371 e. The quantitative estimate of drug-likeness (QED) is 0.299. The van der Waals surface area contributed by atoms with Gasteiger partial charge in [0.2, 0.25) is 0 Å². The second-order valence-corrected chi connectivity index (χ2v) is 8.26. The van der Waals surface area contributed by atoms with Crippen molar-refractivity contribution in [1.29, 1.82) is 0 Å². The predicted octanol–water partition coefficient (Wildman–Crippen LogP) is 5.67. The summed E-state index contributed by atoms with van der Waals surface area (Å²) in [5.41, 5.74) is 7.65. The minimum Gasteiger partial charge on any atom is -0.241 e. The Labute approximate surface area is 146 Å². The fourth-order valence-corrected chi connectivity index (χ4v) is 2.67. The van der Waals surface area contributed by atoms with Gasteiger partial charge in [-0.3, -0.25) is 0 Å². The third-order valence-electron chi connectivity index (χ3n) is 4.39. The molecule has 0 spiro atoms. The van der Waals surface area contributed by atoms with Crippen molar-refractivity contribution in [3.05, 3.63) is 0 Å². The number of rotatable bonds is 15. The zero-order valence-electron chi connectivity index (χ0n) is 17.0. The van der Waals surface area contributed by atoms with Crippen LogP contribution in [0.15, 0.2) is 0 Å². The monoisotopic (exact) mass is 327 g/mol. The van der Waals surface area contributed by atoms with Gasteiger partial charge in [-0.15, -0.1) is 0 Å². The molecule has 0 aromatic heterocycles. The topological polar surface area (TPSA) is 27.3 Å². The molecule has 23 heavy (non-hydrogen) atoms. The van der Waals surface area contributed by atoms with E-state index in [1.807, 2.05) is 0 Å². The van der Waals surface area contributed by atoms with Gasteiger partial charge < -0.3 is 0 Å². The Morgan fingerprint density at radius 3 is 1.96 bits per heavy atom. The smallest absolute Gasteiger partial charge is 0.0371 e. The summed E-state index contributed by atoms with van der Waals surface area (Å²) in [7, 11) is 0. The molecular formula is C20H45N3. The molecule has 0 aromatic rings. The molecule has 140 valence electrons. The Morgan fingerprint density at radius 1 is 0.783 bits per heavy atom. The molecule has 0 saturated carbocycles. The summed E-state index contributed by atoms with van der Waals surface area (Å²) >= 11 is 0. The van der Waals surface area contributed by atoms with Crippen LogP contribution in [0.5, 0.6) is 0 Å². The highest BCUT2D eigenvalue weighted by Crippen LogP contribution is 2.17. The number of nitrogens with one attached hydrogen (secondary N) is 2. The fraction of sp³-hybridized carbons (Fsp3) is 1.00. The average Bonchev–Trinajstić information content (AvgIpc) is 2.47. The highest BCUT2D eigenvalue weighted by atomic mass is 15.7. The number of hydrogen-bond acceptors (Lipinski definition) is 3. The van der Waals surface area contributed by atoms with Gasteiger partial charge in [0.05, 0.1) is 0 Å². The van der Waals surface area contributed by atoms with E-state index >= 15 is 0 Å². The molecule has 0 aromatic carbocycles. The van der Waals surface area contributed by atoms with Crippen LogP contribution in [0.4, 0.5) is 0 Å². The lowest BCUT2D eigenvalue weighted by Gasteiger charge is -2.31. The first-order valence-corrected chi connectivity index (χ1v) is 10.2. The molecular weight excluding hydrogens is 282 g/mol. The van der Waals surface area contributed by atoms with Gasteiger partial charge in [0.25, 0.3) is 0 Å². The lowest BCUT2D eigenvalue weighted by Crippen LogP contribution is -2.53. The Kier molecular flexibility index (Phi) is 14.2. The summed E-state index contributed by atoms with van der Waals surface area (Å²) in [6.45, 7) is 16.0. The van der Waals surface area contributed by atoms with Crippen molar-refractivity contribution in [2.24, 2.45) is 5.41 Å². The molecule has 0 saturated heterocycles. The van der Waals surface area contributed by atoms with Gasteiger partial charge in [0, 0.05) is 19.1 Å². The molecule has 0 rings (SSSR count). The van der Waals surface area contributed by atoms with Crippen LogP contribution in [0.1, 0.15) is 106 Å². The maximum atomic E-state index is 3.63. The van der Waals surface area contributed by atoms with E-state index in [0.717, 1.165) is 13.1 Å². The van der Waals surface area contributed by atoms with E-state index in [9.17, 15) is 0 Å². The van der Waals surface area contributed by atoms with Crippen molar-refractivity contribution < 1.29 is 0 Å². The Hall–Kier alpha value is -0.120. The van der Waals surface area contributed by atoms with E-state index in [4.69, 9.17) is 0 Å². The van der Waals surface area contributed by atoms with Crippen molar-refractivity contribution in [2.75, 3.05) is 13.1 Å². The molecule has 3 nitrogen and oxygen atoms in total. The Bertz CT molecular complexity index is 248. The molecule has 0 fully saturated rings. The van der Waals surface area contributed by atoms with Crippen molar-refractivity contribution >= 4 is 0 Å². The van der Waals surface area contributed by atoms with E-state index < -0.39 is 0 Å². The van der Waals surface area contributed by atoms with Gasteiger partial charge in [0.1, 0.15) is 0 Å². The van der Waals surface area contributed by atoms with Gasteiger partial charge in [-0.1, -0.05) is 79.6 Å². The summed E-state index contributed by atoms with van der Waals surface area (Å²) in [6.07, 6.45) is 13.1. The summed E-state index contributed by atoms with van der Waals surface area (Å²) in [6, 6.07) is 0.553. The van der Waals surface area contributed by atoms with Gasteiger partial charge in [-0.05, 0) is 31.6 Å². The molecule has 2 N–H and O–H groups in total. The largest absolute Gasteiger partial charge is 0.241 e. The van der Waals surface area contributed by atoms with Crippen molar-refractivity contribution in [1.82, 2.24) is 16.0 Å². The number of nitrogens with zero attached hydrogens (tertiary/aromatic N) is 1. The molecule has 1 unspecified atom stereocenters. The second-order valence-electron chi connectivity index (χ2n) is 8.26. The zero-order valence-corrected chi connectivity index (χ0v) is 17.0. The van der Waals surface area contributed by atoms with Crippen molar-refractivity contribution in [3.63, 3.8) is 0 Å². The number of unbranched alkanes of at least 4 members (excludes halogenated alkanes) is 6. The van der Waals surface area contributed by atoms with Gasteiger partial charge in [-0.25, -0.2) is 10.9 Å². The highest BCUT2D eigenvalue weighted by molar-refractivity contribution is 4.65. The summed E-state index contributed by atoms with van der Waals surface area (Å²) in [4.78, 5) is 0. The molecule has 0 amide bonds. The van der Waals surface area contributed by atoms with Crippen LogP contribution < -0.4 is 10.9 Å². The van der Waals surface area contributed by atoms with Crippen LogP contribution >= 0.6 is 0 Å². The van der Waals surface area contributed by atoms with Crippen LogP contribution in [-0.4, -0.2) is 24.2 Å². The molecule has 1 atom stereocenters. The normalized spacial score (nSPS) is 13.7. The SMILES string of the molecule is CCCCCCCNN(NCCC(C)(C)C)C(C)CCCCC. The van der Waals surface area contributed by atoms with Gasteiger partial charge >= 0.3 is 0 Å². The van der Waals surface area contributed by atoms with E-state index in [2.05, 4.69) is 57.5 Å². The van der Waals surface area contributed by atoms with Crippen LogP contribution in [0.3, 0.4) is 0 Å². The van der Waals surface area contributed by atoms with E-state index in [1.54, 1.807) is 0 Å². The molecule has 0 aliphatic rings. The Balaban J connectivity index is 4.09. The molecule has 0 aliphatic carbocycles. The minimum atomic E-state index is 0.393.